The molecule has 162 valence electrons. The summed E-state index contributed by atoms with van der Waals surface area (Å²) in [6.07, 6.45) is 2.17. The van der Waals surface area contributed by atoms with Crippen molar-refractivity contribution in [3.63, 3.8) is 0 Å². The van der Waals surface area contributed by atoms with E-state index in [0.29, 0.717) is 50.3 Å². The van der Waals surface area contributed by atoms with Crippen LogP contribution in [-0.2, 0) is 27.4 Å². The molecule has 2 saturated heterocycles. The van der Waals surface area contributed by atoms with E-state index in [1.54, 1.807) is 12.1 Å². The summed E-state index contributed by atoms with van der Waals surface area (Å²) >= 11 is 1.40. The number of hydrogen-bond donors (Lipinski definition) is 1. The number of carbonyl (C=O) groups excluding carboxylic acids is 1. The van der Waals surface area contributed by atoms with Crippen molar-refractivity contribution in [3.8, 4) is 0 Å². The number of carbonyl (C=O) groups is 1. The molecule has 0 saturated carbocycles. The summed E-state index contributed by atoms with van der Waals surface area (Å²) in [5, 5.41) is 12.6. The quantitative estimate of drug-likeness (QED) is 0.637. The van der Waals surface area contributed by atoms with Crippen LogP contribution in [0.25, 0.3) is 0 Å². The van der Waals surface area contributed by atoms with Gasteiger partial charge in [-0.1, -0.05) is 11.8 Å². The number of aromatic nitrogens is 3. The third-order valence-corrected chi connectivity index (χ3v) is 6.14. The Kier molecular flexibility index (Phi) is 7.19. The zero-order chi connectivity index (χ0) is 20.8. The Morgan fingerprint density at radius 2 is 2.00 bits per heavy atom. The minimum absolute atomic E-state index is 0.0842. The second kappa shape index (κ2) is 10.2. The molecule has 1 amide bonds. The van der Waals surface area contributed by atoms with Gasteiger partial charge in [0, 0.05) is 25.4 Å². The summed E-state index contributed by atoms with van der Waals surface area (Å²) in [6.45, 7) is 4.32. The average molecular weight is 436 g/mol. The minimum atomic E-state index is -0.272. The van der Waals surface area contributed by atoms with Crippen LogP contribution >= 0.6 is 11.8 Å². The summed E-state index contributed by atoms with van der Waals surface area (Å²) < 4.78 is 26.3. The first-order valence-electron chi connectivity index (χ1n) is 10.2. The lowest BCUT2D eigenvalue weighted by molar-refractivity contribution is -0.132. The molecule has 0 bridgehead atoms. The molecule has 1 N–H and O–H groups in total. The molecule has 2 fully saturated rings. The highest BCUT2D eigenvalue weighted by atomic mass is 32.2. The Morgan fingerprint density at radius 3 is 2.73 bits per heavy atom. The molecule has 4 rings (SSSR count). The van der Waals surface area contributed by atoms with Crippen LogP contribution in [0.1, 0.15) is 18.7 Å². The van der Waals surface area contributed by atoms with E-state index < -0.39 is 0 Å². The minimum Gasteiger partial charge on any atom is -0.378 e. The van der Waals surface area contributed by atoms with Crippen molar-refractivity contribution >= 4 is 23.4 Å². The van der Waals surface area contributed by atoms with Gasteiger partial charge >= 0.3 is 0 Å². The van der Waals surface area contributed by atoms with Crippen LogP contribution in [0.5, 0.6) is 0 Å². The number of nitrogens with zero attached hydrogens (tertiary/aromatic N) is 4. The van der Waals surface area contributed by atoms with Crippen LogP contribution in [0, 0.1) is 5.82 Å². The molecule has 0 unspecified atom stereocenters. The van der Waals surface area contributed by atoms with Crippen molar-refractivity contribution in [1.29, 1.82) is 0 Å². The second-order valence-corrected chi connectivity index (χ2v) is 8.23. The molecular weight excluding hydrogens is 409 g/mol. The first-order valence-corrected chi connectivity index (χ1v) is 11.2. The fraction of sp³-hybridized carbons (Fsp3) is 0.550. The van der Waals surface area contributed by atoms with Crippen LogP contribution in [0.15, 0.2) is 29.4 Å². The predicted octanol–water partition coefficient (Wildman–Crippen LogP) is 2.16. The number of halogens is 1. The number of anilines is 1. The van der Waals surface area contributed by atoms with Gasteiger partial charge in [0.25, 0.3) is 0 Å². The van der Waals surface area contributed by atoms with Crippen molar-refractivity contribution in [1.82, 2.24) is 19.7 Å². The molecule has 0 spiro atoms. The summed E-state index contributed by atoms with van der Waals surface area (Å²) in [5.41, 5.74) is 0.805. The first-order chi connectivity index (χ1) is 14.7. The molecule has 8 nitrogen and oxygen atoms in total. The molecule has 1 atom stereocenters. The second-order valence-electron chi connectivity index (χ2n) is 7.29. The largest absolute Gasteiger partial charge is 0.378 e. The van der Waals surface area contributed by atoms with Crippen molar-refractivity contribution in [2.45, 2.75) is 37.2 Å². The van der Waals surface area contributed by atoms with Crippen LogP contribution in [-0.4, -0.2) is 70.3 Å². The fourth-order valence-corrected chi connectivity index (χ4v) is 4.38. The highest BCUT2D eigenvalue weighted by Gasteiger charge is 2.23. The number of thioether (sulfide) groups is 1. The van der Waals surface area contributed by atoms with Gasteiger partial charge in [-0.2, -0.15) is 0 Å². The van der Waals surface area contributed by atoms with E-state index >= 15 is 0 Å². The molecule has 0 aliphatic carbocycles. The van der Waals surface area contributed by atoms with Gasteiger partial charge in [-0.25, -0.2) is 4.39 Å². The monoisotopic (exact) mass is 435 g/mol. The molecule has 1 aromatic carbocycles. The topological polar surface area (TPSA) is 81.5 Å². The van der Waals surface area contributed by atoms with Gasteiger partial charge in [0.1, 0.15) is 5.82 Å². The molecule has 2 aliphatic heterocycles. The smallest absolute Gasteiger partial charge is 0.233 e. The van der Waals surface area contributed by atoms with Gasteiger partial charge in [0.05, 0.1) is 38.2 Å². The van der Waals surface area contributed by atoms with E-state index in [2.05, 4.69) is 15.5 Å². The molecule has 3 heterocycles. The number of ether oxygens (including phenoxy) is 2. The van der Waals surface area contributed by atoms with E-state index in [4.69, 9.17) is 9.47 Å². The number of amides is 1. The molecule has 30 heavy (non-hydrogen) atoms. The van der Waals surface area contributed by atoms with Crippen LogP contribution in [0.3, 0.4) is 0 Å². The Balaban J connectivity index is 1.42. The lowest BCUT2D eigenvalue weighted by Crippen LogP contribution is -2.41. The van der Waals surface area contributed by atoms with Crippen molar-refractivity contribution in [2.75, 3.05) is 44.0 Å². The number of nitrogens with one attached hydrogen (secondary N) is 1. The Labute approximate surface area is 179 Å². The zero-order valence-electron chi connectivity index (χ0n) is 16.8. The number of hydrogen-bond acceptors (Lipinski definition) is 7. The lowest BCUT2D eigenvalue weighted by atomic mass is 10.2. The molecular formula is C20H26FN5O3S. The summed E-state index contributed by atoms with van der Waals surface area (Å²) in [7, 11) is 0. The summed E-state index contributed by atoms with van der Waals surface area (Å²) in [6, 6.07) is 6.20. The van der Waals surface area contributed by atoms with Crippen LogP contribution < -0.4 is 5.32 Å². The van der Waals surface area contributed by atoms with Gasteiger partial charge < -0.3 is 24.3 Å². The molecule has 10 heteroatoms. The third kappa shape index (κ3) is 5.50. The van der Waals surface area contributed by atoms with E-state index in [0.717, 1.165) is 31.0 Å². The van der Waals surface area contributed by atoms with E-state index in [1.807, 2.05) is 9.47 Å². The van der Waals surface area contributed by atoms with Gasteiger partial charge in [-0.05, 0) is 37.1 Å². The van der Waals surface area contributed by atoms with Crippen molar-refractivity contribution in [2.24, 2.45) is 0 Å². The SMILES string of the molecule is O=C(CSc1nnc(CNc2ccc(F)cc2)n1C[C@H]1CCCO1)N1CCOCC1. The first kappa shape index (κ1) is 21.1. The highest BCUT2D eigenvalue weighted by molar-refractivity contribution is 7.99. The summed E-state index contributed by atoms with van der Waals surface area (Å²) in [5.74, 6) is 0.887. The Hall–Kier alpha value is -2.17. The number of rotatable bonds is 8. The fourth-order valence-electron chi connectivity index (χ4n) is 3.51. The van der Waals surface area contributed by atoms with Gasteiger partial charge in [-0.3, -0.25) is 4.79 Å². The lowest BCUT2D eigenvalue weighted by Gasteiger charge is -2.26. The maximum Gasteiger partial charge on any atom is 0.233 e. The number of benzene rings is 1. The standard InChI is InChI=1S/C20H26FN5O3S/c21-15-3-5-16(6-4-15)22-12-18-23-24-20(26(18)13-17-2-1-9-29-17)30-14-19(27)25-7-10-28-11-8-25/h3-6,17,22H,1-2,7-14H2/t17-/m1/s1. The summed E-state index contributed by atoms with van der Waals surface area (Å²) in [4.78, 5) is 14.3. The maximum absolute atomic E-state index is 13.1. The number of morpholine rings is 1. The molecule has 0 radical (unpaired) electrons. The Morgan fingerprint density at radius 1 is 1.20 bits per heavy atom. The van der Waals surface area contributed by atoms with Crippen LogP contribution in [0.4, 0.5) is 10.1 Å². The predicted molar refractivity (Wildman–Crippen MR) is 111 cm³/mol. The van der Waals surface area contributed by atoms with Crippen molar-refractivity contribution in [3.05, 3.63) is 35.9 Å². The molecule has 2 aliphatic rings. The van der Waals surface area contributed by atoms with Gasteiger partial charge in [0.2, 0.25) is 5.91 Å². The van der Waals surface area contributed by atoms with E-state index in [1.165, 1.54) is 23.9 Å². The molecule has 1 aromatic heterocycles. The van der Waals surface area contributed by atoms with Crippen molar-refractivity contribution < 1.29 is 18.7 Å². The van der Waals surface area contributed by atoms with Gasteiger partial charge in [0.15, 0.2) is 11.0 Å². The normalized spacial score (nSPS) is 19.2. The zero-order valence-corrected chi connectivity index (χ0v) is 17.6. The maximum atomic E-state index is 13.1. The van der Waals surface area contributed by atoms with E-state index in [-0.39, 0.29) is 17.8 Å². The molecule has 2 aromatic rings. The highest BCUT2D eigenvalue weighted by Crippen LogP contribution is 2.22. The van der Waals surface area contributed by atoms with E-state index in [9.17, 15) is 9.18 Å². The van der Waals surface area contributed by atoms with Crippen LogP contribution in [0.2, 0.25) is 0 Å². The third-order valence-electron chi connectivity index (χ3n) is 5.19. The average Bonchev–Trinajstić information content (AvgIpc) is 3.43. The Bertz CT molecular complexity index is 835. The van der Waals surface area contributed by atoms with Gasteiger partial charge in [-0.15, -0.1) is 10.2 Å².